The van der Waals surface area contributed by atoms with Crippen molar-refractivity contribution in [2.24, 2.45) is 5.92 Å². The molecule has 1 unspecified atom stereocenters. The molecule has 96 valence electrons. The molecule has 0 amide bonds. The van der Waals surface area contributed by atoms with Crippen LogP contribution < -0.4 is 11.1 Å². The zero-order valence-electron chi connectivity index (χ0n) is 10.8. The molecule has 1 fully saturated rings. The van der Waals surface area contributed by atoms with Crippen molar-refractivity contribution in [3.8, 4) is 6.07 Å². The maximum atomic E-state index is 9.08. The lowest BCUT2D eigenvalue weighted by Crippen LogP contribution is -2.28. The topological polar surface area (TPSA) is 74.7 Å². The Morgan fingerprint density at radius 3 is 2.83 bits per heavy atom. The summed E-state index contributed by atoms with van der Waals surface area (Å²) in [5.74, 6) is 1.34. The summed E-state index contributed by atoms with van der Waals surface area (Å²) in [5, 5.41) is 12.4. The van der Waals surface area contributed by atoms with Crippen LogP contribution in [-0.2, 0) is 0 Å². The summed E-state index contributed by atoms with van der Waals surface area (Å²) in [6.45, 7) is 2.18. The molecule has 1 heterocycles. The van der Waals surface area contributed by atoms with Gasteiger partial charge in [0.05, 0.1) is 17.4 Å². The van der Waals surface area contributed by atoms with Gasteiger partial charge in [-0.05, 0) is 31.7 Å². The molecule has 4 heteroatoms. The molecule has 0 radical (unpaired) electrons. The van der Waals surface area contributed by atoms with Gasteiger partial charge in [0.1, 0.15) is 11.9 Å². The van der Waals surface area contributed by atoms with Crippen LogP contribution in [0.5, 0.6) is 0 Å². The lowest BCUT2D eigenvalue weighted by molar-refractivity contribution is 0.328. The third-order valence-corrected chi connectivity index (χ3v) is 3.75. The molecule has 0 saturated heterocycles. The molecule has 4 nitrogen and oxygen atoms in total. The minimum absolute atomic E-state index is 0.355. The van der Waals surface area contributed by atoms with Crippen LogP contribution in [0.4, 0.5) is 11.5 Å². The number of anilines is 2. The summed E-state index contributed by atoms with van der Waals surface area (Å²) >= 11 is 0. The number of nitrogens with zero attached hydrogens (tertiary/aromatic N) is 2. The van der Waals surface area contributed by atoms with E-state index in [0.717, 1.165) is 0 Å². The summed E-state index contributed by atoms with van der Waals surface area (Å²) in [6.07, 6.45) is 8.12. The van der Waals surface area contributed by atoms with E-state index in [1.807, 2.05) is 0 Å². The van der Waals surface area contributed by atoms with Crippen LogP contribution in [-0.4, -0.2) is 11.0 Å². The molecule has 1 saturated carbocycles. The lowest BCUT2D eigenvalue weighted by Gasteiger charge is -2.28. The standard InChI is InChI=1S/C14H20N4/c1-10(11-5-3-2-4-6-11)18-14-12(8-15)7-13(16)9-17-14/h7,9-11H,2-6,16H2,1H3,(H,17,18). The van der Waals surface area contributed by atoms with Crippen LogP contribution in [0.3, 0.4) is 0 Å². The maximum Gasteiger partial charge on any atom is 0.144 e. The van der Waals surface area contributed by atoms with Crippen molar-refractivity contribution >= 4 is 11.5 Å². The first kappa shape index (κ1) is 12.7. The zero-order chi connectivity index (χ0) is 13.0. The van der Waals surface area contributed by atoms with Gasteiger partial charge < -0.3 is 11.1 Å². The second kappa shape index (κ2) is 5.72. The molecule has 1 aliphatic carbocycles. The number of nitrogens with one attached hydrogen (secondary N) is 1. The monoisotopic (exact) mass is 244 g/mol. The highest BCUT2D eigenvalue weighted by atomic mass is 15.0. The van der Waals surface area contributed by atoms with E-state index < -0.39 is 0 Å². The Labute approximate surface area is 108 Å². The van der Waals surface area contributed by atoms with Gasteiger partial charge in [0.25, 0.3) is 0 Å². The van der Waals surface area contributed by atoms with Gasteiger partial charge in [0.15, 0.2) is 0 Å². The van der Waals surface area contributed by atoms with E-state index in [4.69, 9.17) is 11.0 Å². The number of nitriles is 1. The number of hydrogen-bond acceptors (Lipinski definition) is 4. The summed E-state index contributed by atoms with van der Waals surface area (Å²) in [6, 6.07) is 4.16. The second-order valence-corrected chi connectivity index (χ2v) is 5.11. The molecule has 1 aliphatic rings. The van der Waals surface area contributed by atoms with Gasteiger partial charge in [-0.15, -0.1) is 0 Å². The van der Waals surface area contributed by atoms with Crippen LogP contribution in [0.1, 0.15) is 44.6 Å². The Hall–Kier alpha value is -1.76. The van der Waals surface area contributed by atoms with E-state index in [-0.39, 0.29) is 0 Å². The van der Waals surface area contributed by atoms with E-state index in [0.29, 0.717) is 29.0 Å². The molecule has 0 bridgehead atoms. The van der Waals surface area contributed by atoms with E-state index >= 15 is 0 Å². The molecule has 0 spiro atoms. The molecular weight excluding hydrogens is 224 g/mol. The van der Waals surface area contributed by atoms with Crippen molar-refractivity contribution in [3.63, 3.8) is 0 Å². The van der Waals surface area contributed by atoms with Gasteiger partial charge in [0, 0.05) is 6.04 Å². The largest absolute Gasteiger partial charge is 0.397 e. The Kier molecular flexibility index (Phi) is 4.03. The highest BCUT2D eigenvalue weighted by molar-refractivity contribution is 5.57. The molecule has 1 atom stereocenters. The Morgan fingerprint density at radius 1 is 1.44 bits per heavy atom. The van der Waals surface area contributed by atoms with Crippen LogP contribution >= 0.6 is 0 Å². The molecular formula is C14H20N4. The van der Waals surface area contributed by atoms with Gasteiger partial charge >= 0.3 is 0 Å². The number of pyridine rings is 1. The minimum atomic E-state index is 0.355. The number of rotatable bonds is 3. The maximum absolute atomic E-state index is 9.08. The predicted molar refractivity (Wildman–Crippen MR) is 73.0 cm³/mol. The van der Waals surface area contributed by atoms with Gasteiger partial charge in [0.2, 0.25) is 0 Å². The number of hydrogen-bond donors (Lipinski definition) is 2. The van der Waals surface area contributed by atoms with Crippen molar-refractivity contribution in [1.82, 2.24) is 4.98 Å². The highest BCUT2D eigenvalue weighted by Crippen LogP contribution is 2.28. The van der Waals surface area contributed by atoms with Crippen LogP contribution in [0, 0.1) is 17.2 Å². The van der Waals surface area contributed by atoms with Crippen molar-refractivity contribution in [2.45, 2.75) is 45.1 Å². The molecule has 1 aromatic rings. The predicted octanol–water partition coefficient (Wildman–Crippen LogP) is 2.92. The van der Waals surface area contributed by atoms with Gasteiger partial charge in [-0.2, -0.15) is 5.26 Å². The SMILES string of the molecule is CC(Nc1ncc(N)cc1C#N)C1CCCCC1. The number of nitrogens with two attached hydrogens (primary N) is 1. The minimum Gasteiger partial charge on any atom is -0.397 e. The van der Waals surface area contributed by atoms with Crippen molar-refractivity contribution in [3.05, 3.63) is 17.8 Å². The Morgan fingerprint density at radius 2 is 2.17 bits per heavy atom. The Balaban J connectivity index is 2.06. The summed E-state index contributed by atoms with van der Waals surface area (Å²) in [4.78, 5) is 4.23. The molecule has 1 aromatic heterocycles. The number of aromatic nitrogens is 1. The fourth-order valence-electron chi connectivity index (χ4n) is 2.65. The van der Waals surface area contributed by atoms with Gasteiger partial charge in [-0.25, -0.2) is 4.98 Å². The first-order chi connectivity index (χ1) is 8.70. The Bertz CT molecular complexity index is 444. The fourth-order valence-corrected chi connectivity index (χ4v) is 2.65. The normalized spacial score (nSPS) is 18.0. The van der Waals surface area contributed by atoms with Crippen LogP contribution in [0.25, 0.3) is 0 Å². The molecule has 18 heavy (non-hydrogen) atoms. The van der Waals surface area contributed by atoms with Gasteiger partial charge in [-0.3, -0.25) is 0 Å². The van der Waals surface area contributed by atoms with Crippen molar-refractivity contribution in [2.75, 3.05) is 11.1 Å². The van der Waals surface area contributed by atoms with Crippen LogP contribution in [0.2, 0.25) is 0 Å². The zero-order valence-corrected chi connectivity index (χ0v) is 10.8. The fraction of sp³-hybridized carbons (Fsp3) is 0.571. The van der Waals surface area contributed by atoms with Crippen LogP contribution in [0.15, 0.2) is 12.3 Å². The highest BCUT2D eigenvalue weighted by Gasteiger charge is 2.20. The third kappa shape index (κ3) is 2.92. The smallest absolute Gasteiger partial charge is 0.144 e. The quantitative estimate of drug-likeness (QED) is 0.857. The average Bonchev–Trinajstić information content (AvgIpc) is 2.41. The average molecular weight is 244 g/mol. The first-order valence-electron chi connectivity index (χ1n) is 6.63. The summed E-state index contributed by atoms with van der Waals surface area (Å²) < 4.78 is 0. The van der Waals surface area contributed by atoms with Crippen molar-refractivity contribution < 1.29 is 0 Å². The summed E-state index contributed by atoms with van der Waals surface area (Å²) in [5.41, 5.74) is 6.69. The molecule has 0 aliphatic heterocycles. The summed E-state index contributed by atoms with van der Waals surface area (Å²) in [7, 11) is 0. The van der Waals surface area contributed by atoms with Gasteiger partial charge in [-0.1, -0.05) is 19.3 Å². The van der Waals surface area contributed by atoms with Crippen molar-refractivity contribution in [1.29, 1.82) is 5.26 Å². The number of nitrogen functional groups attached to an aromatic ring is 1. The lowest BCUT2D eigenvalue weighted by atomic mass is 9.84. The molecule has 2 rings (SSSR count). The molecule has 3 N–H and O–H groups in total. The van der Waals surface area contributed by atoms with E-state index in [9.17, 15) is 0 Å². The third-order valence-electron chi connectivity index (χ3n) is 3.75. The molecule has 0 aromatic carbocycles. The second-order valence-electron chi connectivity index (χ2n) is 5.11. The van der Waals surface area contributed by atoms with E-state index in [1.54, 1.807) is 12.3 Å². The van der Waals surface area contributed by atoms with E-state index in [1.165, 1.54) is 32.1 Å². The van der Waals surface area contributed by atoms with E-state index in [2.05, 4.69) is 23.3 Å². The first-order valence-corrected chi connectivity index (χ1v) is 6.63.